The molecule has 0 radical (unpaired) electrons. The summed E-state index contributed by atoms with van der Waals surface area (Å²) in [6.45, 7) is 15.0. The van der Waals surface area contributed by atoms with Gasteiger partial charge in [0, 0.05) is 5.57 Å². The van der Waals surface area contributed by atoms with E-state index < -0.39 is 5.60 Å². The van der Waals surface area contributed by atoms with Gasteiger partial charge in [0.25, 0.3) is 0 Å². The highest BCUT2D eigenvalue weighted by Crippen LogP contribution is 2.24. The molecule has 0 aliphatic rings. The van der Waals surface area contributed by atoms with E-state index in [0.717, 1.165) is 5.57 Å². The molecule has 0 bridgehead atoms. The van der Waals surface area contributed by atoms with Crippen LogP contribution >= 0.6 is 0 Å². The van der Waals surface area contributed by atoms with Crippen LogP contribution in [-0.4, -0.2) is 11.6 Å². The molecule has 80 valence electrons. The first-order chi connectivity index (χ1) is 6.18. The van der Waals surface area contributed by atoms with E-state index in [0.29, 0.717) is 5.57 Å². The maximum atomic E-state index is 11.3. The van der Waals surface area contributed by atoms with E-state index in [1.165, 1.54) is 5.57 Å². The Morgan fingerprint density at radius 3 is 1.86 bits per heavy atom. The highest BCUT2D eigenvalue weighted by molar-refractivity contribution is 5.87. The van der Waals surface area contributed by atoms with Gasteiger partial charge in [-0.3, -0.25) is 0 Å². The molecule has 0 spiro atoms. The Bertz CT molecular complexity index is 279. The number of carbonyl (C=O) groups is 1. The van der Waals surface area contributed by atoms with Crippen LogP contribution in [0.4, 0.5) is 0 Å². The van der Waals surface area contributed by atoms with Gasteiger partial charge in [-0.05, 0) is 47.1 Å². The second-order valence-corrected chi connectivity index (χ2v) is 4.31. The van der Waals surface area contributed by atoms with Crippen LogP contribution in [0.5, 0.6) is 0 Å². The summed E-state index contributed by atoms with van der Waals surface area (Å²) in [5.74, 6) is -0.337. The van der Waals surface area contributed by atoms with Gasteiger partial charge in [0.05, 0.1) is 0 Å². The normalized spacial score (nSPS) is 10.7. The average Bonchev–Trinajstić information content (AvgIpc) is 2.01. The molecule has 0 fully saturated rings. The zero-order valence-corrected chi connectivity index (χ0v) is 10.0. The zero-order valence-electron chi connectivity index (χ0n) is 10.0. The number of allylic oxidation sites excluding steroid dienone is 1. The van der Waals surface area contributed by atoms with Gasteiger partial charge in [-0.2, -0.15) is 0 Å². The summed E-state index contributed by atoms with van der Waals surface area (Å²) >= 11 is 0. The van der Waals surface area contributed by atoms with Crippen molar-refractivity contribution in [3.63, 3.8) is 0 Å². The Hall–Kier alpha value is -1.05. The molecular formula is C12H20O2. The molecular weight excluding hydrogens is 176 g/mol. The van der Waals surface area contributed by atoms with Gasteiger partial charge in [-0.1, -0.05) is 12.2 Å². The molecule has 2 nitrogen and oxygen atoms in total. The van der Waals surface area contributed by atoms with E-state index in [2.05, 4.69) is 6.58 Å². The summed E-state index contributed by atoms with van der Waals surface area (Å²) in [4.78, 5) is 11.3. The lowest BCUT2D eigenvalue weighted by Gasteiger charge is -2.27. The Kier molecular flexibility index (Phi) is 4.11. The van der Waals surface area contributed by atoms with Crippen molar-refractivity contribution in [1.29, 1.82) is 0 Å². The molecule has 14 heavy (non-hydrogen) atoms. The molecule has 0 aliphatic carbocycles. The summed E-state index contributed by atoms with van der Waals surface area (Å²) in [6.07, 6.45) is 0. The molecule has 0 unspecified atom stereocenters. The standard InChI is InChI=1S/C12H20O2/c1-8(2)10(5)12(6,7)14-11(13)9(3)4/h3H2,1-2,4-7H3. The molecule has 0 saturated carbocycles. The SMILES string of the molecule is C=C(C)C(=O)OC(C)(C)C(C)=C(C)C. The molecule has 0 aliphatic heterocycles. The van der Waals surface area contributed by atoms with Gasteiger partial charge in [0.15, 0.2) is 0 Å². The molecule has 2 heteroatoms. The summed E-state index contributed by atoms with van der Waals surface area (Å²) in [6, 6.07) is 0. The van der Waals surface area contributed by atoms with Crippen LogP contribution in [0.2, 0.25) is 0 Å². The molecule has 0 saturated heterocycles. The molecule has 0 heterocycles. The zero-order chi connectivity index (χ0) is 11.5. The minimum atomic E-state index is -0.547. The van der Waals surface area contributed by atoms with Crippen molar-refractivity contribution in [2.45, 2.75) is 47.1 Å². The van der Waals surface area contributed by atoms with E-state index in [-0.39, 0.29) is 5.97 Å². The topological polar surface area (TPSA) is 26.3 Å². The van der Waals surface area contributed by atoms with E-state index in [9.17, 15) is 4.79 Å². The van der Waals surface area contributed by atoms with Crippen molar-refractivity contribution in [2.75, 3.05) is 0 Å². The third-order valence-corrected chi connectivity index (χ3v) is 2.35. The first-order valence-corrected chi connectivity index (χ1v) is 4.72. The Labute approximate surface area is 86.6 Å². The van der Waals surface area contributed by atoms with Gasteiger partial charge in [0.1, 0.15) is 5.60 Å². The Morgan fingerprint density at radius 2 is 1.57 bits per heavy atom. The van der Waals surface area contributed by atoms with E-state index in [1.807, 2.05) is 34.6 Å². The van der Waals surface area contributed by atoms with Crippen molar-refractivity contribution < 1.29 is 9.53 Å². The van der Waals surface area contributed by atoms with Crippen molar-refractivity contribution in [2.24, 2.45) is 0 Å². The minimum absolute atomic E-state index is 0.337. The second kappa shape index (κ2) is 4.45. The second-order valence-electron chi connectivity index (χ2n) is 4.31. The lowest BCUT2D eigenvalue weighted by molar-refractivity contribution is -0.148. The van der Waals surface area contributed by atoms with E-state index in [1.54, 1.807) is 6.92 Å². The molecule has 0 aromatic rings. The van der Waals surface area contributed by atoms with Crippen molar-refractivity contribution in [1.82, 2.24) is 0 Å². The van der Waals surface area contributed by atoms with Crippen LogP contribution in [0, 0.1) is 0 Å². The lowest BCUT2D eigenvalue weighted by atomic mass is 9.95. The van der Waals surface area contributed by atoms with Crippen molar-refractivity contribution in [3.05, 3.63) is 23.3 Å². The Balaban J connectivity index is 4.75. The number of ether oxygens (including phenoxy) is 1. The lowest BCUT2D eigenvalue weighted by Crippen LogP contribution is -2.30. The van der Waals surface area contributed by atoms with Gasteiger partial charge in [-0.25, -0.2) is 4.79 Å². The molecule has 0 amide bonds. The maximum Gasteiger partial charge on any atom is 0.333 e. The summed E-state index contributed by atoms with van der Waals surface area (Å²) < 4.78 is 5.33. The summed E-state index contributed by atoms with van der Waals surface area (Å²) in [7, 11) is 0. The van der Waals surface area contributed by atoms with Crippen LogP contribution in [0.1, 0.15) is 41.5 Å². The maximum absolute atomic E-state index is 11.3. The third-order valence-electron chi connectivity index (χ3n) is 2.35. The fraction of sp³-hybridized carbons (Fsp3) is 0.583. The van der Waals surface area contributed by atoms with Gasteiger partial charge >= 0.3 is 5.97 Å². The molecule has 0 N–H and O–H groups in total. The van der Waals surface area contributed by atoms with Gasteiger partial charge in [-0.15, -0.1) is 0 Å². The van der Waals surface area contributed by atoms with Crippen LogP contribution < -0.4 is 0 Å². The predicted octanol–water partition coefficient (Wildman–Crippen LogP) is 3.24. The summed E-state index contributed by atoms with van der Waals surface area (Å²) in [5.41, 5.74) is 2.13. The van der Waals surface area contributed by atoms with Crippen LogP contribution in [0.3, 0.4) is 0 Å². The molecule has 0 rings (SSSR count). The highest BCUT2D eigenvalue weighted by atomic mass is 16.6. The average molecular weight is 196 g/mol. The highest BCUT2D eigenvalue weighted by Gasteiger charge is 2.25. The number of carbonyl (C=O) groups excluding carboxylic acids is 1. The fourth-order valence-electron chi connectivity index (χ4n) is 0.997. The minimum Gasteiger partial charge on any atom is -0.452 e. The van der Waals surface area contributed by atoms with Crippen molar-refractivity contribution in [3.8, 4) is 0 Å². The number of rotatable bonds is 3. The smallest absolute Gasteiger partial charge is 0.333 e. The fourth-order valence-corrected chi connectivity index (χ4v) is 0.997. The first kappa shape index (κ1) is 12.9. The summed E-state index contributed by atoms with van der Waals surface area (Å²) in [5, 5.41) is 0. The van der Waals surface area contributed by atoms with Crippen LogP contribution in [0.25, 0.3) is 0 Å². The Morgan fingerprint density at radius 1 is 1.14 bits per heavy atom. The molecule has 0 aromatic heterocycles. The van der Waals surface area contributed by atoms with Crippen LogP contribution in [-0.2, 0) is 9.53 Å². The monoisotopic (exact) mass is 196 g/mol. The van der Waals surface area contributed by atoms with E-state index >= 15 is 0 Å². The molecule has 0 aromatic carbocycles. The number of hydrogen-bond donors (Lipinski definition) is 0. The quantitative estimate of drug-likeness (QED) is 0.393. The van der Waals surface area contributed by atoms with E-state index in [4.69, 9.17) is 4.74 Å². The van der Waals surface area contributed by atoms with Crippen LogP contribution in [0.15, 0.2) is 23.3 Å². The van der Waals surface area contributed by atoms with Gasteiger partial charge in [0.2, 0.25) is 0 Å². The largest absolute Gasteiger partial charge is 0.452 e. The first-order valence-electron chi connectivity index (χ1n) is 4.72. The van der Waals surface area contributed by atoms with Crippen molar-refractivity contribution >= 4 is 5.97 Å². The number of esters is 1. The van der Waals surface area contributed by atoms with Gasteiger partial charge < -0.3 is 4.74 Å². The molecule has 0 atom stereocenters. The predicted molar refractivity (Wildman–Crippen MR) is 59.0 cm³/mol. The number of hydrogen-bond acceptors (Lipinski definition) is 2. The third kappa shape index (κ3) is 3.36.